The van der Waals surface area contributed by atoms with Gasteiger partial charge >= 0.3 is 0 Å². The molecule has 0 bridgehead atoms. The summed E-state index contributed by atoms with van der Waals surface area (Å²) in [6.07, 6.45) is 2.28. The predicted octanol–water partition coefficient (Wildman–Crippen LogP) is 3.39. The highest BCUT2D eigenvalue weighted by atomic mass is 79.9. The van der Waals surface area contributed by atoms with Crippen LogP contribution in [0.1, 0.15) is 25.8 Å². The number of methoxy groups -OCH3 is 1. The summed E-state index contributed by atoms with van der Waals surface area (Å²) in [6.45, 7) is 5.27. The Morgan fingerprint density at radius 3 is 2.53 bits per heavy atom. The summed E-state index contributed by atoms with van der Waals surface area (Å²) in [5, 5.41) is 3.51. The Kier molecular flexibility index (Phi) is 6.78. The van der Waals surface area contributed by atoms with Crippen molar-refractivity contribution in [1.82, 2.24) is 5.32 Å². The molecule has 0 aromatic heterocycles. The van der Waals surface area contributed by atoms with Crippen LogP contribution in [0.3, 0.4) is 0 Å². The monoisotopic (exact) mass is 299 g/mol. The Labute approximate surface area is 113 Å². The Bertz CT molecular complexity index is 326. The number of nitrogens with one attached hydrogen (secondary N) is 1. The summed E-state index contributed by atoms with van der Waals surface area (Å²) in [5.41, 5.74) is 1.33. The summed E-state index contributed by atoms with van der Waals surface area (Å²) in [5.74, 6) is 0. The molecule has 0 aliphatic rings. The van der Waals surface area contributed by atoms with Crippen LogP contribution < -0.4 is 5.32 Å². The fourth-order valence-corrected chi connectivity index (χ4v) is 2.56. The van der Waals surface area contributed by atoms with Crippen LogP contribution in [0.25, 0.3) is 0 Å². The number of likely N-dealkylation sites (N-methyl/N-ethyl adjacent to an activating group) is 1. The number of rotatable bonds is 7. The molecule has 3 heteroatoms. The number of halogens is 1. The lowest BCUT2D eigenvalue weighted by molar-refractivity contribution is 0.0658. The van der Waals surface area contributed by atoms with E-state index in [2.05, 4.69) is 53.3 Å². The van der Waals surface area contributed by atoms with Crippen LogP contribution in [-0.4, -0.2) is 25.8 Å². The zero-order chi connectivity index (χ0) is 12.7. The van der Waals surface area contributed by atoms with Crippen molar-refractivity contribution in [2.24, 2.45) is 0 Å². The zero-order valence-electron chi connectivity index (χ0n) is 10.9. The van der Waals surface area contributed by atoms with Gasteiger partial charge < -0.3 is 10.1 Å². The molecule has 0 spiro atoms. The van der Waals surface area contributed by atoms with Crippen LogP contribution in [0.5, 0.6) is 0 Å². The first-order valence-electron chi connectivity index (χ1n) is 6.22. The van der Waals surface area contributed by atoms with Gasteiger partial charge in [-0.15, -0.1) is 0 Å². The van der Waals surface area contributed by atoms with Crippen molar-refractivity contribution in [2.75, 3.05) is 13.7 Å². The minimum Gasteiger partial charge on any atom is -0.380 e. The highest BCUT2D eigenvalue weighted by Crippen LogP contribution is 2.19. The predicted molar refractivity (Wildman–Crippen MR) is 76.4 cm³/mol. The molecule has 1 aromatic carbocycles. The molecule has 0 saturated heterocycles. The molecule has 0 heterocycles. The van der Waals surface area contributed by atoms with Crippen molar-refractivity contribution in [1.29, 1.82) is 0 Å². The van der Waals surface area contributed by atoms with E-state index >= 15 is 0 Å². The number of hydrogen-bond acceptors (Lipinski definition) is 2. The van der Waals surface area contributed by atoms with Crippen LogP contribution in [0, 0.1) is 0 Å². The largest absolute Gasteiger partial charge is 0.380 e. The molecule has 17 heavy (non-hydrogen) atoms. The smallest absolute Gasteiger partial charge is 0.0724 e. The Balaban J connectivity index is 2.75. The fourth-order valence-electron chi connectivity index (χ4n) is 2.11. The van der Waals surface area contributed by atoms with Gasteiger partial charge in [0.05, 0.1) is 6.10 Å². The van der Waals surface area contributed by atoms with Gasteiger partial charge in [0.2, 0.25) is 0 Å². The molecule has 0 fully saturated rings. The summed E-state index contributed by atoms with van der Waals surface area (Å²) >= 11 is 3.60. The van der Waals surface area contributed by atoms with Crippen molar-refractivity contribution >= 4 is 15.9 Å². The molecule has 0 amide bonds. The topological polar surface area (TPSA) is 21.3 Å². The first kappa shape index (κ1) is 14.7. The van der Waals surface area contributed by atoms with Crippen molar-refractivity contribution in [3.63, 3.8) is 0 Å². The molecule has 1 rings (SSSR count). The highest BCUT2D eigenvalue weighted by molar-refractivity contribution is 9.10. The van der Waals surface area contributed by atoms with Crippen LogP contribution in [0.4, 0.5) is 0 Å². The maximum Gasteiger partial charge on any atom is 0.0724 e. The maximum absolute atomic E-state index is 5.55. The van der Waals surface area contributed by atoms with E-state index in [0.717, 1.165) is 19.4 Å². The average molecular weight is 300 g/mol. The molecule has 0 aliphatic carbocycles. The first-order valence-corrected chi connectivity index (χ1v) is 7.01. The minimum atomic E-state index is 0.266. The molecule has 0 radical (unpaired) electrons. The quantitative estimate of drug-likeness (QED) is 0.833. The summed E-state index contributed by atoms with van der Waals surface area (Å²) in [6, 6.07) is 8.75. The molecule has 2 nitrogen and oxygen atoms in total. The molecule has 0 saturated carbocycles. The second-order valence-corrected chi connectivity index (χ2v) is 5.00. The van der Waals surface area contributed by atoms with E-state index in [1.165, 1.54) is 10.0 Å². The second kappa shape index (κ2) is 7.85. The van der Waals surface area contributed by atoms with Crippen molar-refractivity contribution in [2.45, 2.75) is 38.8 Å². The third kappa shape index (κ3) is 4.41. The maximum atomic E-state index is 5.55. The Hall–Kier alpha value is -0.380. The molecule has 1 N–H and O–H groups in total. The van der Waals surface area contributed by atoms with Gasteiger partial charge in [0.15, 0.2) is 0 Å². The van der Waals surface area contributed by atoms with E-state index in [1.807, 2.05) is 6.07 Å². The zero-order valence-corrected chi connectivity index (χ0v) is 12.5. The van der Waals surface area contributed by atoms with Gasteiger partial charge in [-0.3, -0.25) is 0 Å². The van der Waals surface area contributed by atoms with Gasteiger partial charge in [-0.1, -0.05) is 48.0 Å². The lowest BCUT2D eigenvalue weighted by Crippen LogP contribution is -2.42. The molecule has 2 atom stereocenters. The second-order valence-electron chi connectivity index (χ2n) is 4.14. The normalized spacial score (nSPS) is 14.6. The van der Waals surface area contributed by atoms with E-state index in [9.17, 15) is 0 Å². The van der Waals surface area contributed by atoms with Gasteiger partial charge in [-0.2, -0.15) is 0 Å². The molecule has 2 unspecified atom stereocenters. The molecular weight excluding hydrogens is 278 g/mol. The summed E-state index contributed by atoms with van der Waals surface area (Å²) in [4.78, 5) is 0. The van der Waals surface area contributed by atoms with Crippen LogP contribution in [0.15, 0.2) is 28.7 Å². The molecule has 1 aromatic rings. The Morgan fingerprint density at radius 2 is 2.00 bits per heavy atom. The molecule has 96 valence electrons. The number of ether oxygens (including phenoxy) is 1. The first-order chi connectivity index (χ1) is 8.22. The van der Waals surface area contributed by atoms with Gasteiger partial charge in [0.1, 0.15) is 0 Å². The summed E-state index contributed by atoms with van der Waals surface area (Å²) in [7, 11) is 1.79. The molecular formula is C14H22BrNO. The lowest BCUT2D eigenvalue weighted by atomic mass is 9.99. The summed E-state index contributed by atoms with van der Waals surface area (Å²) < 4.78 is 6.72. The standard InChI is InChI=1S/C14H22BrNO/c1-4-14(17-3)13(16-5-2)10-11-8-6-7-9-12(11)15/h6-9,13-14,16H,4-5,10H2,1-3H3. The Morgan fingerprint density at radius 1 is 1.29 bits per heavy atom. The van der Waals surface area contributed by atoms with Gasteiger partial charge in [0.25, 0.3) is 0 Å². The van der Waals surface area contributed by atoms with Crippen molar-refractivity contribution in [3.05, 3.63) is 34.3 Å². The third-order valence-corrected chi connectivity index (χ3v) is 3.79. The molecule has 0 aliphatic heterocycles. The average Bonchev–Trinajstić information content (AvgIpc) is 2.34. The van der Waals surface area contributed by atoms with Gasteiger partial charge in [0, 0.05) is 17.6 Å². The van der Waals surface area contributed by atoms with E-state index in [4.69, 9.17) is 4.74 Å². The van der Waals surface area contributed by atoms with Crippen LogP contribution in [0.2, 0.25) is 0 Å². The van der Waals surface area contributed by atoms with Crippen molar-refractivity contribution < 1.29 is 4.74 Å². The van der Waals surface area contributed by atoms with E-state index in [0.29, 0.717) is 6.04 Å². The van der Waals surface area contributed by atoms with Crippen LogP contribution in [-0.2, 0) is 11.2 Å². The van der Waals surface area contributed by atoms with E-state index in [-0.39, 0.29) is 6.10 Å². The van der Waals surface area contributed by atoms with E-state index < -0.39 is 0 Å². The number of benzene rings is 1. The SMILES string of the molecule is CCNC(Cc1ccccc1Br)C(CC)OC. The highest BCUT2D eigenvalue weighted by Gasteiger charge is 2.19. The fraction of sp³-hybridized carbons (Fsp3) is 0.571. The lowest BCUT2D eigenvalue weighted by Gasteiger charge is -2.26. The minimum absolute atomic E-state index is 0.266. The van der Waals surface area contributed by atoms with E-state index in [1.54, 1.807) is 7.11 Å². The van der Waals surface area contributed by atoms with Gasteiger partial charge in [-0.25, -0.2) is 0 Å². The van der Waals surface area contributed by atoms with Gasteiger partial charge in [-0.05, 0) is 31.0 Å². The number of hydrogen-bond donors (Lipinski definition) is 1. The van der Waals surface area contributed by atoms with Crippen LogP contribution >= 0.6 is 15.9 Å². The third-order valence-electron chi connectivity index (χ3n) is 3.02. The van der Waals surface area contributed by atoms with Crippen molar-refractivity contribution in [3.8, 4) is 0 Å².